The molecule has 0 radical (unpaired) electrons. The Bertz CT molecular complexity index is 1690. The highest BCUT2D eigenvalue weighted by Crippen LogP contribution is 2.29. The van der Waals surface area contributed by atoms with Gasteiger partial charge in [0.05, 0.1) is 53.1 Å². The molecule has 0 spiro atoms. The molecule has 1 aliphatic rings. The first-order chi connectivity index (χ1) is 16.2. The van der Waals surface area contributed by atoms with Crippen molar-refractivity contribution in [1.82, 2.24) is 15.0 Å². The van der Waals surface area contributed by atoms with Gasteiger partial charge in [-0.3, -0.25) is 0 Å². The number of H-pyrrole nitrogens is 3. The standard InChI is InChI=1S/C27H22N4O2.ClH/c1-32-26-14-22(20-11-16-7-3-5-9-18(16)28-20)30-24(26)13-25-27(33-2)15-23(31-25)21-12-17-8-4-6-10-19(17)29-21;/h3-15,28,30-31H,1-2H3;1H/b23-21+,25-13-;. The van der Waals surface area contributed by atoms with E-state index in [0.29, 0.717) is 0 Å². The number of nitrogens with zero attached hydrogens (tertiary/aromatic N) is 1. The maximum atomic E-state index is 5.66. The van der Waals surface area contributed by atoms with Crippen LogP contribution in [0.4, 0.5) is 0 Å². The summed E-state index contributed by atoms with van der Waals surface area (Å²) in [7, 11) is 3.34. The third kappa shape index (κ3) is 3.68. The molecule has 0 amide bonds. The van der Waals surface area contributed by atoms with Crippen LogP contribution in [0.1, 0.15) is 5.69 Å². The lowest BCUT2D eigenvalue weighted by Crippen LogP contribution is -2.19. The lowest BCUT2D eigenvalue weighted by molar-refractivity contribution is 0.411. The summed E-state index contributed by atoms with van der Waals surface area (Å²) in [4.78, 5) is 15.1. The van der Waals surface area contributed by atoms with E-state index in [1.165, 1.54) is 0 Å². The second kappa shape index (κ2) is 8.65. The van der Waals surface area contributed by atoms with Gasteiger partial charge in [-0.25, -0.2) is 4.99 Å². The molecule has 3 aromatic heterocycles. The predicted octanol–water partition coefficient (Wildman–Crippen LogP) is 2.98. The summed E-state index contributed by atoms with van der Waals surface area (Å²) in [6, 6.07) is 22.4. The van der Waals surface area contributed by atoms with Crippen molar-refractivity contribution in [2.75, 3.05) is 14.2 Å². The Kier molecular flexibility index (Phi) is 5.51. The number of hydrogen-bond donors (Lipinski definition) is 3. The number of ether oxygens (including phenoxy) is 2. The maximum Gasteiger partial charge on any atom is 0.144 e. The zero-order chi connectivity index (χ0) is 22.4. The Morgan fingerprint density at radius 1 is 0.794 bits per heavy atom. The van der Waals surface area contributed by atoms with E-state index in [1.807, 2.05) is 48.5 Å². The average molecular weight is 471 g/mol. The molecular formula is C27H23ClN4O2. The molecule has 0 fully saturated rings. The molecule has 0 saturated carbocycles. The van der Waals surface area contributed by atoms with Crippen LogP contribution < -0.4 is 30.7 Å². The molecule has 1 aliphatic heterocycles. The highest BCUT2D eigenvalue weighted by Gasteiger charge is 2.12. The SMILES string of the molecule is COc1cc(-c2cc3ccccc3[nH]2)[nH]c1/C=c1\[nH]/c(=C2\C=c3ccccc3=N2)cc1OC.Cl. The zero-order valence-corrected chi connectivity index (χ0v) is 19.5. The molecule has 0 unspecified atom stereocenters. The highest BCUT2D eigenvalue weighted by atomic mass is 35.5. The van der Waals surface area contributed by atoms with Crippen LogP contribution >= 0.6 is 12.4 Å². The Morgan fingerprint density at radius 3 is 2.35 bits per heavy atom. The van der Waals surface area contributed by atoms with Crippen molar-refractivity contribution < 1.29 is 9.47 Å². The normalized spacial score (nSPS) is 14.4. The summed E-state index contributed by atoms with van der Waals surface area (Å²) in [5.74, 6) is 1.49. The van der Waals surface area contributed by atoms with E-state index >= 15 is 0 Å². The van der Waals surface area contributed by atoms with E-state index in [2.05, 4.69) is 45.3 Å². The smallest absolute Gasteiger partial charge is 0.144 e. The Morgan fingerprint density at radius 2 is 1.56 bits per heavy atom. The average Bonchev–Trinajstić information content (AvgIpc) is 3.62. The van der Waals surface area contributed by atoms with Crippen LogP contribution in [0.15, 0.2) is 71.7 Å². The second-order valence-electron chi connectivity index (χ2n) is 7.94. The first kappa shape index (κ1) is 21.7. The van der Waals surface area contributed by atoms with Crippen molar-refractivity contribution in [2.45, 2.75) is 0 Å². The summed E-state index contributed by atoms with van der Waals surface area (Å²) in [5.41, 5.74) is 4.77. The number of halogens is 1. The molecule has 0 bridgehead atoms. The van der Waals surface area contributed by atoms with Crippen molar-refractivity contribution in [3.8, 4) is 22.9 Å². The van der Waals surface area contributed by atoms with Gasteiger partial charge < -0.3 is 24.4 Å². The number of nitrogens with one attached hydrogen (secondary N) is 3. The fraction of sp³-hybridized carbons (Fsp3) is 0.0741. The molecule has 4 heterocycles. The molecule has 5 aromatic rings. The van der Waals surface area contributed by atoms with Crippen molar-refractivity contribution in [1.29, 1.82) is 0 Å². The van der Waals surface area contributed by atoms with Gasteiger partial charge in [0.25, 0.3) is 0 Å². The van der Waals surface area contributed by atoms with Gasteiger partial charge in [-0.15, -0.1) is 12.4 Å². The van der Waals surface area contributed by atoms with Crippen LogP contribution in [0.2, 0.25) is 0 Å². The lowest BCUT2D eigenvalue weighted by Gasteiger charge is -1.97. The van der Waals surface area contributed by atoms with Gasteiger partial charge in [0.1, 0.15) is 11.5 Å². The Hall–Kier alpha value is -4.16. The van der Waals surface area contributed by atoms with Crippen LogP contribution in [0.5, 0.6) is 11.5 Å². The summed E-state index contributed by atoms with van der Waals surface area (Å²) in [6.07, 6.45) is 4.07. The summed E-state index contributed by atoms with van der Waals surface area (Å²) < 4.78 is 11.3. The molecule has 170 valence electrons. The van der Waals surface area contributed by atoms with Crippen molar-refractivity contribution in [3.05, 3.63) is 93.7 Å². The fourth-order valence-electron chi connectivity index (χ4n) is 4.26. The third-order valence-corrected chi connectivity index (χ3v) is 5.91. The number of benzene rings is 2. The molecular weight excluding hydrogens is 448 g/mol. The number of para-hydroxylation sites is 2. The first-order valence-corrected chi connectivity index (χ1v) is 10.7. The van der Waals surface area contributed by atoms with Crippen LogP contribution in [0.3, 0.4) is 0 Å². The van der Waals surface area contributed by atoms with Crippen molar-refractivity contribution >= 4 is 41.2 Å². The monoisotopic (exact) mass is 470 g/mol. The quantitative estimate of drug-likeness (QED) is 0.377. The summed E-state index contributed by atoms with van der Waals surface area (Å²) >= 11 is 0. The largest absolute Gasteiger partial charge is 0.494 e. The zero-order valence-electron chi connectivity index (χ0n) is 18.7. The van der Waals surface area contributed by atoms with Crippen LogP contribution in [-0.2, 0) is 0 Å². The minimum atomic E-state index is 0. The van der Waals surface area contributed by atoms with Gasteiger partial charge in [0.2, 0.25) is 0 Å². The van der Waals surface area contributed by atoms with E-state index in [0.717, 1.165) is 66.5 Å². The topological polar surface area (TPSA) is 78.2 Å². The van der Waals surface area contributed by atoms with Crippen LogP contribution in [0, 0.1) is 0 Å². The van der Waals surface area contributed by atoms with E-state index in [4.69, 9.17) is 14.5 Å². The number of aromatic amines is 3. The van der Waals surface area contributed by atoms with Crippen molar-refractivity contribution in [2.24, 2.45) is 4.99 Å². The number of methoxy groups -OCH3 is 2. The first-order valence-electron chi connectivity index (χ1n) is 10.7. The number of rotatable bonds is 4. The van der Waals surface area contributed by atoms with Gasteiger partial charge in [-0.2, -0.15) is 0 Å². The number of aromatic nitrogens is 3. The Labute approximate surface area is 201 Å². The van der Waals surface area contributed by atoms with Gasteiger partial charge >= 0.3 is 0 Å². The fourth-order valence-corrected chi connectivity index (χ4v) is 4.26. The third-order valence-electron chi connectivity index (χ3n) is 5.91. The molecule has 0 saturated heterocycles. The number of fused-ring (bicyclic) bond motifs is 2. The molecule has 34 heavy (non-hydrogen) atoms. The molecule has 6 rings (SSSR count). The number of hydrogen-bond acceptors (Lipinski definition) is 3. The van der Waals surface area contributed by atoms with Gasteiger partial charge in [0, 0.05) is 28.3 Å². The minimum Gasteiger partial charge on any atom is -0.494 e. The van der Waals surface area contributed by atoms with E-state index in [9.17, 15) is 0 Å². The summed E-state index contributed by atoms with van der Waals surface area (Å²) in [6.45, 7) is 0. The molecule has 0 aliphatic carbocycles. The summed E-state index contributed by atoms with van der Waals surface area (Å²) in [5, 5.41) is 4.98. The van der Waals surface area contributed by atoms with Gasteiger partial charge in [0.15, 0.2) is 0 Å². The molecule has 3 N–H and O–H groups in total. The van der Waals surface area contributed by atoms with E-state index in [1.54, 1.807) is 14.2 Å². The molecule has 0 atom stereocenters. The van der Waals surface area contributed by atoms with Gasteiger partial charge in [-0.1, -0.05) is 36.4 Å². The Balaban J connectivity index is 0.00000241. The minimum absolute atomic E-state index is 0. The van der Waals surface area contributed by atoms with Crippen molar-refractivity contribution in [3.63, 3.8) is 0 Å². The maximum absolute atomic E-state index is 5.66. The van der Waals surface area contributed by atoms with E-state index in [-0.39, 0.29) is 12.4 Å². The lowest BCUT2D eigenvalue weighted by atomic mass is 10.2. The molecule has 6 nitrogen and oxygen atoms in total. The second-order valence-corrected chi connectivity index (χ2v) is 7.94. The van der Waals surface area contributed by atoms with Crippen LogP contribution in [-0.4, -0.2) is 29.2 Å². The van der Waals surface area contributed by atoms with E-state index < -0.39 is 0 Å². The van der Waals surface area contributed by atoms with Crippen LogP contribution in [0.25, 0.3) is 40.1 Å². The molecule has 7 heteroatoms. The molecule has 2 aromatic carbocycles. The predicted molar refractivity (Wildman–Crippen MR) is 137 cm³/mol. The highest BCUT2D eigenvalue weighted by molar-refractivity contribution is 5.86. The van der Waals surface area contributed by atoms with Gasteiger partial charge in [-0.05, 0) is 30.4 Å².